The number of hydrogen-bond donors (Lipinski definition) is 2. The zero-order valence-electron chi connectivity index (χ0n) is 15.5. The van der Waals surface area contributed by atoms with E-state index in [0.717, 1.165) is 12.0 Å². The lowest BCUT2D eigenvalue weighted by atomic mass is 9.78. The fourth-order valence-electron chi connectivity index (χ4n) is 3.03. The summed E-state index contributed by atoms with van der Waals surface area (Å²) in [7, 11) is 0. The van der Waals surface area contributed by atoms with Crippen molar-refractivity contribution in [1.82, 2.24) is 0 Å². The highest BCUT2D eigenvalue weighted by Gasteiger charge is 2.33. The molecule has 2 rings (SSSR count). The number of phenolic OH excluding ortho intramolecular Hbond substituents is 1. The minimum atomic E-state index is -0.824. The van der Waals surface area contributed by atoms with Crippen molar-refractivity contribution in [2.24, 2.45) is 5.92 Å². The molecular formula is C20H27NO5. The predicted molar refractivity (Wildman–Crippen MR) is 98.8 cm³/mol. The standard InChI is InChI=1S/C20H27NO5/c1-14-4-5-15(20(2,3)25)12-18(14)26-19(24)10-11-21(13-22)16-6-8-17(23)9-7-16/h4,6-9,13,15,18,23,25H,5,10-12H2,1-3H3. The number of carbonyl (C=O) groups is 2. The van der Waals surface area contributed by atoms with Crippen molar-refractivity contribution in [2.75, 3.05) is 11.4 Å². The van der Waals surface area contributed by atoms with Gasteiger partial charge in [-0.3, -0.25) is 9.59 Å². The molecule has 0 saturated carbocycles. The number of allylic oxidation sites excluding steroid dienone is 1. The number of carbonyl (C=O) groups excluding carboxylic acids is 2. The van der Waals surface area contributed by atoms with Crippen molar-refractivity contribution in [3.63, 3.8) is 0 Å². The van der Waals surface area contributed by atoms with Crippen LogP contribution in [0, 0.1) is 5.92 Å². The number of anilines is 1. The second-order valence-corrected chi connectivity index (χ2v) is 7.31. The summed E-state index contributed by atoms with van der Waals surface area (Å²) >= 11 is 0. The number of aliphatic hydroxyl groups is 1. The third-order valence-corrected chi connectivity index (χ3v) is 4.87. The number of hydrogen-bond acceptors (Lipinski definition) is 5. The third-order valence-electron chi connectivity index (χ3n) is 4.87. The lowest BCUT2D eigenvalue weighted by Crippen LogP contribution is -2.37. The molecule has 6 heteroatoms. The first kappa shape index (κ1) is 20.0. The fourth-order valence-corrected chi connectivity index (χ4v) is 3.03. The summed E-state index contributed by atoms with van der Waals surface area (Å²) in [6.07, 6.45) is 3.74. The van der Waals surface area contributed by atoms with Gasteiger partial charge in [0, 0.05) is 12.2 Å². The van der Waals surface area contributed by atoms with E-state index in [1.165, 1.54) is 17.0 Å². The van der Waals surface area contributed by atoms with Crippen LogP contribution in [0.15, 0.2) is 35.9 Å². The van der Waals surface area contributed by atoms with Gasteiger partial charge in [0.25, 0.3) is 0 Å². The highest BCUT2D eigenvalue weighted by Crippen LogP contribution is 2.33. The van der Waals surface area contributed by atoms with Crippen LogP contribution in [0.2, 0.25) is 0 Å². The molecule has 1 aromatic carbocycles. The lowest BCUT2D eigenvalue weighted by molar-refractivity contribution is -0.149. The van der Waals surface area contributed by atoms with E-state index in [1.807, 2.05) is 13.0 Å². The smallest absolute Gasteiger partial charge is 0.308 e. The van der Waals surface area contributed by atoms with Gasteiger partial charge >= 0.3 is 5.97 Å². The maximum atomic E-state index is 12.2. The molecule has 0 bridgehead atoms. The monoisotopic (exact) mass is 361 g/mol. The summed E-state index contributed by atoms with van der Waals surface area (Å²) in [5.41, 5.74) is 0.765. The van der Waals surface area contributed by atoms with E-state index in [-0.39, 0.29) is 36.7 Å². The summed E-state index contributed by atoms with van der Waals surface area (Å²) in [5, 5.41) is 19.5. The number of rotatable bonds is 7. The molecular weight excluding hydrogens is 334 g/mol. The Labute approximate surface area is 154 Å². The Morgan fingerprint density at radius 1 is 1.35 bits per heavy atom. The van der Waals surface area contributed by atoms with Gasteiger partial charge in [-0.05, 0) is 69.4 Å². The van der Waals surface area contributed by atoms with Crippen molar-refractivity contribution < 1.29 is 24.5 Å². The van der Waals surface area contributed by atoms with Gasteiger partial charge in [0.15, 0.2) is 0 Å². The van der Waals surface area contributed by atoms with Crippen LogP contribution in [0.5, 0.6) is 5.75 Å². The molecule has 6 nitrogen and oxygen atoms in total. The first-order valence-electron chi connectivity index (χ1n) is 8.80. The van der Waals surface area contributed by atoms with Gasteiger partial charge < -0.3 is 19.8 Å². The van der Waals surface area contributed by atoms with Crippen LogP contribution in [-0.2, 0) is 14.3 Å². The van der Waals surface area contributed by atoms with Gasteiger partial charge in [-0.15, -0.1) is 0 Å². The molecule has 1 aliphatic carbocycles. The maximum absolute atomic E-state index is 12.2. The Hall–Kier alpha value is -2.34. The van der Waals surface area contributed by atoms with Crippen molar-refractivity contribution in [2.45, 2.75) is 51.7 Å². The molecule has 0 saturated heterocycles. The molecule has 2 atom stereocenters. The third kappa shape index (κ3) is 5.33. The average Bonchev–Trinajstić information content (AvgIpc) is 2.58. The second-order valence-electron chi connectivity index (χ2n) is 7.31. The molecule has 0 aromatic heterocycles. The molecule has 2 N–H and O–H groups in total. The SMILES string of the molecule is CC1=CCC(C(C)(C)O)CC1OC(=O)CCN(C=O)c1ccc(O)cc1. The predicted octanol–water partition coefficient (Wildman–Crippen LogP) is 2.78. The topological polar surface area (TPSA) is 87.1 Å². The van der Waals surface area contributed by atoms with E-state index < -0.39 is 5.60 Å². The molecule has 0 radical (unpaired) electrons. The molecule has 1 amide bonds. The fraction of sp³-hybridized carbons (Fsp3) is 0.500. The van der Waals surface area contributed by atoms with Crippen LogP contribution in [-0.4, -0.2) is 40.8 Å². The second kappa shape index (κ2) is 8.36. The molecule has 26 heavy (non-hydrogen) atoms. The first-order valence-corrected chi connectivity index (χ1v) is 8.80. The molecule has 0 heterocycles. The highest BCUT2D eigenvalue weighted by molar-refractivity contribution is 5.78. The van der Waals surface area contributed by atoms with Crippen LogP contribution in [0.25, 0.3) is 0 Å². The van der Waals surface area contributed by atoms with E-state index in [2.05, 4.69) is 0 Å². The maximum Gasteiger partial charge on any atom is 0.308 e. The molecule has 1 aromatic rings. The number of nitrogens with zero attached hydrogens (tertiary/aromatic N) is 1. The zero-order valence-corrected chi connectivity index (χ0v) is 15.5. The normalized spacial score (nSPS) is 20.2. The Bertz CT molecular complexity index is 660. The minimum absolute atomic E-state index is 0.0347. The molecule has 2 unspecified atom stereocenters. The Morgan fingerprint density at radius 2 is 2.00 bits per heavy atom. The van der Waals surface area contributed by atoms with Crippen LogP contribution in [0.4, 0.5) is 5.69 Å². The highest BCUT2D eigenvalue weighted by atomic mass is 16.5. The summed E-state index contributed by atoms with van der Waals surface area (Å²) < 4.78 is 5.58. The number of ether oxygens (including phenoxy) is 1. The summed E-state index contributed by atoms with van der Waals surface area (Å²) in [4.78, 5) is 24.9. The van der Waals surface area contributed by atoms with Gasteiger partial charge in [0.1, 0.15) is 11.9 Å². The average molecular weight is 361 g/mol. The lowest BCUT2D eigenvalue weighted by Gasteiger charge is -2.35. The number of aromatic hydroxyl groups is 1. The largest absolute Gasteiger partial charge is 0.508 e. The van der Waals surface area contributed by atoms with Gasteiger partial charge in [0.2, 0.25) is 6.41 Å². The molecule has 1 aliphatic rings. The van der Waals surface area contributed by atoms with Crippen molar-refractivity contribution in [1.29, 1.82) is 0 Å². The van der Waals surface area contributed by atoms with Crippen LogP contribution in [0.3, 0.4) is 0 Å². The Balaban J connectivity index is 1.91. The van der Waals surface area contributed by atoms with E-state index in [4.69, 9.17) is 4.74 Å². The number of benzene rings is 1. The van der Waals surface area contributed by atoms with Gasteiger partial charge in [-0.1, -0.05) is 6.08 Å². The quantitative estimate of drug-likeness (QED) is 0.443. The number of amides is 1. The summed E-state index contributed by atoms with van der Waals surface area (Å²) in [5.74, 6) is -0.239. The zero-order chi connectivity index (χ0) is 19.3. The van der Waals surface area contributed by atoms with Gasteiger partial charge in [-0.2, -0.15) is 0 Å². The molecule has 142 valence electrons. The first-order chi connectivity index (χ1) is 12.2. The summed E-state index contributed by atoms with van der Waals surface area (Å²) in [6.45, 7) is 5.65. The number of esters is 1. The van der Waals surface area contributed by atoms with E-state index in [9.17, 15) is 19.8 Å². The minimum Gasteiger partial charge on any atom is -0.508 e. The molecule has 0 fully saturated rings. The summed E-state index contributed by atoms with van der Waals surface area (Å²) in [6, 6.07) is 6.18. The van der Waals surface area contributed by atoms with Crippen molar-refractivity contribution in [3.8, 4) is 5.75 Å². The van der Waals surface area contributed by atoms with Crippen molar-refractivity contribution >= 4 is 18.1 Å². The van der Waals surface area contributed by atoms with Crippen LogP contribution >= 0.6 is 0 Å². The Kier molecular flexibility index (Phi) is 6.42. The van der Waals surface area contributed by atoms with E-state index in [0.29, 0.717) is 18.5 Å². The number of phenols is 1. The molecule has 0 spiro atoms. The van der Waals surface area contributed by atoms with Crippen molar-refractivity contribution in [3.05, 3.63) is 35.9 Å². The van der Waals surface area contributed by atoms with E-state index >= 15 is 0 Å². The molecule has 0 aliphatic heterocycles. The van der Waals surface area contributed by atoms with Gasteiger partial charge in [0.05, 0.1) is 12.0 Å². The van der Waals surface area contributed by atoms with Gasteiger partial charge in [-0.25, -0.2) is 0 Å². The van der Waals surface area contributed by atoms with E-state index in [1.54, 1.807) is 26.0 Å². The Morgan fingerprint density at radius 3 is 2.58 bits per heavy atom. The van der Waals surface area contributed by atoms with Crippen LogP contribution in [0.1, 0.15) is 40.0 Å². The van der Waals surface area contributed by atoms with Crippen LogP contribution < -0.4 is 4.90 Å².